The third-order valence-corrected chi connectivity index (χ3v) is 5.72. The van der Waals surface area contributed by atoms with Crippen LogP contribution in [0.5, 0.6) is 11.5 Å². The number of carbonyl (C=O) groups is 3. The molecule has 0 aliphatic heterocycles. The van der Waals surface area contributed by atoms with Crippen LogP contribution in [0.4, 0.5) is 0 Å². The van der Waals surface area contributed by atoms with Gasteiger partial charge in [0, 0.05) is 18.9 Å². The van der Waals surface area contributed by atoms with Gasteiger partial charge in [-0.05, 0) is 36.6 Å². The summed E-state index contributed by atoms with van der Waals surface area (Å²) in [6.45, 7) is 3.87. The van der Waals surface area contributed by atoms with Crippen molar-refractivity contribution < 1.29 is 38.4 Å². The van der Waals surface area contributed by atoms with E-state index >= 15 is 0 Å². The molecule has 0 spiro atoms. The molecule has 0 fully saturated rings. The number of methoxy groups -OCH3 is 1. The van der Waals surface area contributed by atoms with Crippen LogP contribution in [0.1, 0.15) is 96.5 Å². The molecule has 1 N–H and O–H groups in total. The third-order valence-electron chi connectivity index (χ3n) is 5.72. The lowest BCUT2D eigenvalue weighted by Crippen LogP contribution is -2.30. The first-order valence-electron chi connectivity index (χ1n) is 13.5. The van der Waals surface area contributed by atoms with Crippen molar-refractivity contribution >= 4 is 24.0 Å². The van der Waals surface area contributed by atoms with E-state index in [2.05, 4.69) is 13.8 Å². The minimum Gasteiger partial charge on any atom is -0.504 e. The van der Waals surface area contributed by atoms with E-state index in [-0.39, 0.29) is 37.1 Å². The molecule has 37 heavy (non-hydrogen) atoms. The lowest BCUT2D eigenvalue weighted by Gasteiger charge is -2.18. The van der Waals surface area contributed by atoms with Crippen molar-refractivity contribution in [2.24, 2.45) is 0 Å². The number of esters is 3. The second-order valence-electron chi connectivity index (χ2n) is 9.02. The lowest BCUT2D eigenvalue weighted by molar-refractivity contribution is -0.165. The van der Waals surface area contributed by atoms with E-state index in [0.29, 0.717) is 12.0 Å². The molecule has 0 aromatic heterocycles. The summed E-state index contributed by atoms with van der Waals surface area (Å²) < 4.78 is 21.1. The fraction of sp³-hybridized carbons (Fsp3) is 0.621. The SMILES string of the molecule is CCCCCCCC(=O)OCC(COC(=O)/C=C/c1ccc(O)c(OC)c1)OC(=O)CCCCCCC. The smallest absolute Gasteiger partial charge is 0.330 e. The maximum absolute atomic E-state index is 12.3. The summed E-state index contributed by atoms with van der Waals surface area (Å²) in [5.41, 5.74) is 0.630. The van der Waals surface area contributed by atoms with Crippen LogP contribution in [0, 0.1) is 0 Å². The number of phenolic OH excluding ortho intramolecular Hbond substituents is 1. The fourth-order valence-electron chi connectivity index (χ4n) is 3.55. The molecule has 0 radical (unpaired) electrons. The van der Waals surface area contributed by atoms with Crippen LogP contribution in [0.25, 0.3) is 6.08 Å². The third kappa shape index (κ3) is 15.6. The Morgan fingerprint density at radius 2 is 1.43 bits per heavy atom. The number of aromatic hydroxyl groups is 1. The average Bonchev–Trinajstić information content (AvgIpc) is 2.89. The molecule has 0 aliphatic carbocycles. The molecule has 8 nitrogen and oxygen atoms in total. The van der Waals surface area contributed by atoms with Crippen LogP contribution in [-0.4, -0.2) is 49.4 Å². The topological polar surface area (TPSA) is 108 Å². The van der Waals surface area contributed by atoms with Crippen molar-refractivity contribution in [3.63, 3.8) is 0 Å². The van der Waals surface area contributed by atoms with Gasteiger partial charge in [0.1, 0.15) is 13.2 Å². The molecule has 0 saturated carbocycles. The zero-order valence-electron chi connectivity index (χ0n) is 22.7. The fourth-order valence-corrected chi connectivity index (χ4v) is 3.55. The van der Waals surface area contributed by atoms with Gasteiger partial charge >= 0.3 is 17.9 Å². The summed E-state index contributed by atoms with van der Waals surface area (Å²) in [5, 5.41) is 9.68. The second-order valence-corrected chi connectivity index (χ2v) is 9.02. The molecule has 208 valence electrons. The van der Waals surface area contributed by atoms with Gasteiger partial charge < -0.3 is 24.1 Å². The first-order valence-corrected chi connectivity index (χ1v) is 13.5. The molecule has 0 amide bonds. The number of rotatable bonds is 20. The molecular weight excluding hydrogens is 476 g/mol. The molecule has 0 bridgehead atoms. The number of phenols is 1. The zero-order chi connectivity index (χ0) is 27.3. The molecule has 0 saturated heterocycles. The van der Waals surface area contributed by atoms with Gasteiger partial charge in [0.2, 0.25) is 0 Å². The van der Waals surface area contributed by atoms with Gasteiger partial charge in [0.15, 0.2) is 17.6 Å². The number of carbonyl (C=O) groups excluding carboxylic acids is 3. The summed E-state index contributed by atoms with van der Waals surface area (Å²) in [7, 11) is 1.43. The Labute approximate surface area is 221 Å². The van der Waals surface area contributed by atoms with Crippen LogP contribution >= 0.6 is 0 Å². The van der Waals surface area contributed by atoms with E-state index in [0.717, 1.165) is 64.2 Å². The van der Waals surface area contributed by atoms with Gasteiger partial charge in [-0.1, -0.05) is 71.3 Å². The van der Waals surface area contributed by atoms with Crippen LogP contribution < -0.4 is 4.74 Å². The summed E-state index contributed by atoms with van der Waals surface area (Å²) in [6.07, 6.45) is 12.5. The number of unbranched alkanes of at least 4 members (excludes halogenated alkanes) is 8. The van der Waals surface area contributed by atoms with E-state index in [1.165, 1.54) is 25.3 Å². The molecule has 0 aliphatic rings. The summed E-state index contributed by atoms with van der Waals surface area (Å²) in [6, 6.07) is 4.65. The summed E-state index contributed by atoms with van der Waals surface area (Å²) >= 11 is 0. The van der Waals surface area contributed by atoms with E-state index in [9.17, 15) is 19.5 Å². The van der Waals surface area contributed by atoms with E-state index < -0.39 is 18.0 Å². The highest BCUT2D eigenvalue weighted by atomic mass is 16.6. The van der Waals surface area contributed by atoms with Gasteiger partial charge in [0.05, 0.1) is 7.11 Å². The first-order chi connectivity index (χ1) is 17.9. The lowest BCUT2D eigenvalue weighted by atomic mass is 10.1. The number of hydrogen-bond donors (Lipinski definition) is 1. The molecule has 1 rings (SSSR count). The highest BCUT2D eigenvalue weighted by Gasteiger charge is 2.19. The number of hydrogen-bond acceptors (Lipinski definition) is 8. The van der Waals surface area contributed by atoms with E-state index in [1.807, 2.05) is 0 Å². The number of benzene rings is 1. The largest absolute Gasteiger partial charge is 0.504 e. The first kappa shape index (κ1) is 32.0. The zero-order valence-corrected chi connectivity index (χ0v) is 22.7. The van der Waals surface area contributed by atoms with Crippen molar-refractivity contribution in [2.75, 3.05) is 20.3 Å². The monoisotopic (exact) mass is 520 g/mol. The van der Waals surface area contributed by atoms with Gasteiger partial charge in [-0.15, -0.1) is 0 Å². The quantitative estimate of drug-likeness (QED) is 0.0946. The van der Waals surface area contributed by atoms with Crippen molar-refractivity contribution in [1.82, 2.24) is 0 Å². The molecule has 1 atom stereocenters. The van der Waals surface area contributed by atoms with Crippen molar-refractivity contribution in [3.8, 4) is 11.5 Å². The Morgan fingerprint density at radius 3 is 2.05 bits per heavy atom. The Bertz CT molecular complexity index is 833. The van der Waals surface area contributed by atoms with Crippen LogP contribution in [0.3, 0.4) is 0 Å². The minimum atomic E-state index is -0.877. The Kier molecular flexibility index (Phi) is 17.4. The van der Waals surface area contributed by atoms with Crippen molar-refractivity contribution in [2.45, 2.75) is 97.0 Å². The molecule has 1 aromatic carbocycles. The average molecular weight is 521 g/mol. The van der Waals surface area contributed by atoms with Crippen LogP contribution in [0.2, 0.25) is 0 Å². The van der Waals surface area contributed by atoms with Gasteiger partial charge in [-0.25, -0.2) is 4.79 Å². The van der Waals surface area contributed by atoms with Gasteiger partial charge in [0.25, 0.3) is 0 Å². The molecule has 8 heteroatoms. The maximum Gasteiger partial charge on any atom is 0.330 e. The van der Waals surface area contributed by atoms with E-state index in [1.54, 1.807) is 12.1 Å². The van der Waals surface area contributed by atoms with Crippen LogP contribution in [-0.2, 0) is 28.6 Å². The van der Waals surface area contributed by atoms with Crippen LogP contribution in [0.15, 0.2) is 24.3 Å². The minimum absolute atomic E-state index is 0.00671. The van der Waals surface area contributed by atoms with Crippen molar-refractivity contribution in [1.29, 1.82) is 0 Å². The van der Waals surface area contributed by atoms with Gasteiger partial charge in [-0.3, -0.25) is 9.59 Å². The molecule has 1 aromatic rings. The van der Waals surface area contributed by atoms with E-state index in [4.69, 9.17) is 18.9 Å². The predicted molar refractivity (Wildman–Crippen MR) is 142 cm³/mol. The summed E-state index contributed by atoms with van der Waals surface area (Å²) in [5.74, 6) is -1.13. The maximum atomic E-state index is 12.3. The predicted octanol–water partition coefficient (Wildman–Crippen LogP) is 6.13. The number of ether oxygens (including phenoxy) is 4. The Hall–Kier alpha value is -3.03. The Morgan fingerprint density at radius 1 is 0.838 bits per heavy atom. The highest BCUT2D eigenvalue weighted by molar-refractivity contribution is 5.87. The summed E-state index contributed by atoms with van der Waals surface area (Å²) in [4.78, 5) is 36.6. The normalized spacial score (nSPS) is 11.8. The molecule has 1 unspecified atom stereocenters. The second kappa shape index (κ2) is 20.1. The molecular formula is C29H44O8. The van der Waals surface area contributed by atoms with Crippen molar-refractivity contribution in [3.05, 3.63) is 29.8 Å². The molecule has 0 heterocycles. The highest BCUT2D eigenvalue weighted by Crippen LogP contribution is 2.26. The Balaban J connectivity index is 2.58. The van der Waals surface area contributed by atoms with Gasteiger partial charge in [-0.2, -0.15) is 0 Å². The standard InChI is InChI=1S/C29H44O8/c1-4-6-8-10-12-14-27(31)35-21-24(37-29(33)15-13-11-9-7-5-2)22-36-28(32)19-17-23-16-18-25(30)26(20-23)34-3/h16-20,24,30H,4-15,21-22H2,1-3H3/b19-17+.